The van der Waals surface area contributed by atoms with Gasteiger partial charge in [0.05, 0.1) is 11.1 Å². The molecule has 4 nitrogen and oxygen atoms in total. The lowest BCUT2D eigenvalue weighted by molar-refractivity contribution is 0.128. The van der Waals surface area contributed by atoms with Gasteiger partial charge in [0.15, 0.2) is 5.75 Å². The second-order valence-corrected chi connectivity index (χ2v) is 27.6. The first kappa shape index (κ1) is 60.9. The summed E-state index contributed by atoms with van der Waals surface area (Å²) in [7, 11) is 0. The number of nitrogens with zero attached hydrogens (tertiary/aromatic N) is 2. The lowest BCUT2D eigenvalue weighted by atomic mass is 9.84. The van der Waals surface area contributed by atoms with Gasteiger partial charge in [0, 0.05) is 38.9 Å². The van der Waals surface area contributed by atoms with E-state index in [2.05, 4.69) is 360 Å². The van der Waals surface area contributed by atoms with Crippen molar-refractivity contribution in [2.45, 2.75) is 94.3 Å². The highest BCUT2D eigenvalue weighted by Gasteiger charge is 2.37. The fraction of sp³-hybridized carbons (Fsp3) is 0.156. The molecule has 94 heavy (non-hydrogen) atoms. The molecule has 0 spiro atoms. The molecule has 14 rings (SSSR count). The molecule has 462 valence electrons. The summed E-state index contributed by atoms with van der Waals surface area (Å²) in [5.41, 5.74) is 20.7. The first-order valence-corrected chi connectivity index (χ1v) is 32.9. The highest BCUT2D eigenvalue weighted by molar-refractivity contribution is 6.43. The molecule has 0 atom stereocenters. The van der Waals surface area contributed by atoms with Gasteiger partial charge in [0.1, 0.15) is 22.6 Å². The van der Waals surface area contributed by atoms with Crippen molar-refractivity contribution in [1.29, 1.82) is 0 Å². The summed E-state index contributed by atoms with van der Waals surface area (Å²) in [5.74, 6) is 1.49. The van der Waals surface area contributed by atoms with Crippen LogP contribution in [0.25, 0.3) is 77.2 Å². The third kappa shape index (κ3) is 11.9. The fourth-order valence-electron chi connectivity index (χ4n) is 13.5. The molecule has 0 heterocycles. The lowest BCUT2D eigenvalue weighted by Gasteiger charge is -2.38. The Morgan fingerprint density at radius 3 is 0.979 bits per heavy atom. The van der Waals surface area contributed by atoms with Crippen molar-refractivity contribution >= 4 is 111 Å². The zero-order valence-corrected chi connectivity index (χ0v) is 56.1. The van der Waals surface area contributed by atoms with Gasteiger partial charge in [-0.25, -0.2) is 0 Å². The average Bonchev–Trinajstić information content (AvgIpc) is 0.679. The summed E-state index contributed by atoms with van der Waals surface area (Å²) in [4.78, 5) is 4.97. The van der Waals surface area contributed by atoms with Crippen LogP contribution in [0.2, 0.25) is 0 Å². The predicted molar refractivity (Wildman–Crippen MR) is 403 cm³/mol. The largest absolute Gasteiger partial charge is 0.487 e. The van der Waals surface area contributed by atoms with Gasteiger partial charge < -0.3 is 19.3 Å². The maximum atomic E-state index is 8.01. The third-order valence-electron chi connectivity index (χ3n) is 18.0. The van der Waals surface area contributed by atoms with Crippen molar-refractivity contribution in [1.82, 2.24) is 0 Å². The lowest BCUT2D eigenvalue weighted by Crippen LogP contribution is -2.27. The second-order valence-electron chi connectivity index (χ2n) is 27.6. The zero-order chi connectivity index (χ0) is 65.2. The van der Waals surface area contributed by atoms with E-state index in [0.29, 0.717) is 5.75 Å². The standard InChI is InChI=1S/C90H80N2O2/c1-57-23-39-65(40-24-57)78(66-41-25-58(2)26-42-66)55-63-35-51-72(52-36-63)91(70-47-31-61(5)32-48-70)85-82-77-22-16-18-69-17-15-21-76(80(69)77)81-74-19-13-14-20-75(74)87(93-89(7,8)9)84(83(81)82)88(94-90(10,11)12)86(85)92(71-49-33-62(6)34-50-71)73-53-37-64(38-54-73)56-79(67-43-27-59(3)28-44-67)68-45-29-60(4)30-46-68/h13-56H,1-12H3. The Morgan fingerprint density at radius 1 is 0.277 bits per heavy atom. The number of fused-ring (bicyclic) bond motifs is 4. The van der Waals surface area contributed by atoms with E-state index in [0.717, 1.165) is 128 Å². The van der Waals surface area contributed by atoms with Crippen molar-refractivity contribution in [2.24, 2.45) is 0 Å². The van der Waals surface area contributed by atoms with Crippen LogP contribution in [0, 0.1) is 41.5 Å². The minimum Gasteiger partial charge on any atom is -0.487 e. The van der Waals surface area contributed by atoms with E-state index in [9.17, 15) is 0 Å². The van der Waals surface area contributed by atoms with Gasteiger partial charge in [0.25, 0.3) is 0 Å². The van der Waals surface area contributed by atoms with E-state index in [1.54, 1.807) is 0 Å². The maximum Gasteiger partial charge on any atom is 0.157 e. The molecule has 14 aromatic carbocycles. The molecule has 0 saturated heterocycles. The molecule has 0 radical (unpaired) electrons. The van der Waals surface area contributed by atoms with E-state index >= 15 is 0 Å². The van der Waals surface area contributed by atoms with Crippen LogP contribution in [0.5, 0.6) is 11.5 Å². The van der Waals surface area contributed by atoms with E-state index in [1.807, 2.05) is 0 Å². The summed E-state index contributed by atoms with van der Waals surface area (Å²) in [5, 5.41) is 11.0. The molecule has 0 aromatic heterocycles. The Balaban J connectivity index is 1.15. The Morgan fingerprint density at radius 2 is 0.596 bits per heavy atom. The second kappa shape index (κ2) is 24.4. The van der Waals surface area contributed by atoms with Crippen molar-refractivity contribution in [3.05, 3.63) is 322 Å². The molecule has 0 bridgehead atoms. The number of hydrogen-bond acceptors (Lipinski definition) is 4. The molecule has 14 aromatic rings. The Kier molecular flexibility index (Phi) is 15.8. The van der Waals surface area contributed by atoms with Crippen molar-refractivity contribution in [2.75, 3.05) is 9.80 Å². The van der Waals surface area contributed by atoms with Crippen LogP contribution in [-0.2, 0) is 0 Å². The molecule has 0 aliphatic rings. The summed E-state index contributed by atoms with van der Waals surface area (Å²) < 4.78 is 15.6. The molecule has 4 heteroatoms. The van der Waals surface area contributed by atoms with Gasteiger partial charge in [-0.15, -0.1) is 0 Å². The van der Waals surface area contributed by atoms with E-state index < -0.39 is 11.2 Å². The number of aryl methyl sites for hydroxylation is 6. The first-order chi connectivity index (χ1) is 45.3. The smallest absolute Gasteiger partial charge is 0.157 e. The molecular weight excluding hydrogens is 1140 g/mol. The quantitative estimate of drug-likeness (QED) is 0.0615. The summed E-state index contributed by atoms with van der Waals surface area (Å²) in [6.07, 6.45) is 4.67. The van der Waals surface area contributed by atoms with Crippen molar-refractivity contribution in [3.8, 4) is 11.5 Å². The van der Waals surface area contributed by atoms with Crippen LogP contribution < -0.4 is 19.3 Å². The number of benzene rings is 14. The molecule has 0 N–H and O–H groups in total. The van der Waals surface area contributed by atoms with Crippen LogP contribution in [0.3, 0.4) is 0 Å². The van der Waals surface area contributed by atoms with Crippen molar-refractivity contribution < 1.29 is 9.47 Å². The van der Waals surface area contributed by atoms with Crippen LogP contribution >= 0.6 is 0 Å². The molecule has 0 aliphatic carbocycles. The number of ether oxygens (including phenoxy) is 2. The van der Waals surface area contributed by atoms with Gasteiger partial charge in [-0.1, -0.05) is 240 Å². The van der Waals surface area contributed by atoms with Gasteiger partial charge in [-0.05, 0) is 221 Å². The molecule has 0 amide bonds. The Bertz CT molecular complexity index is 5080. The highest BCUT2D eigenvalue weighted by Crippen LogP contribution is 2.62. The van der Waals surface area contributed by atoms with Crippen LogP contribution in [0.15, 0.2) is 255 Å². The minimum atomic E-state index is -0.724. The van der Waals surface area contributed by atoms with E-state index in [1.165, 1.54) is 44.0 Å². The summed E-state index contributed by atoms with van der Waals surface area (Å²) in [6.45, 7) is 25.9. The number of hydrogen-bond donors (Lipinski definition) is 0. The SMILES string of the molecule is Cc1ccc(C(=Cc2ccc(N(c3ccc(C)cc3)c3c(OC(C)(C)C)c4c(OC(C)(C)C)c5ccccc5c5c6cccc7cccc(c(c3N(c3ccc(C)cc3)c3ccc(C=C(c8ccc(C)cc8)c8ccc(C)cc8)cc3)c45)c76)cc2)c2ccc(C)cc2)cc1. The van der Waals surface area contributed by atoms with Gasteiger partial charge in [0.2, 0.25) is 0 Å². The normalized spacial score (nSPS) is 11.8. The molecular formula is C90H80N2O2. The van der Waals surface area contributed by atoms with Crippen LogP contribution in [0.4, 0.5) is 34.1 Å². The molecule has 0 fully saturated rings. The van der Waals surface area contributed by atoms with Gasteiger partial charge in [-0.3, -0.25) is 0 Å². The highest BCUT2D eigenvalue weighted by atomic mass is 16.5. The molecule has 0 aliphatic heterocycles. The fourth-order valence-corrected chi connectivity index (χ4v) is 13.5. The van der Waals surface area contributed by atoms with Crippen LogP contribution in [-0.4, -0.2) is 11.2 Å². The molecule has 0 unspecified atom stereocenters. The number of anilines is 6. The Labute approximate surface area is 554 Å². The summed E-state index contributed by atoms with van der Waals surface area (Å²) >= 11 is 0. The average molecular weight is 1220 g/mol. The van der Waals surface area contributed by atoms with Gasteiger partial charge in [-0.2, -0.15) is 0 Å². The molecule has 0 saturated carbocycles. The minimum absolute atomic E-state index is 0.615. The third-order valence-corrected chi connectivity index (χ3v) is 18.0. The zero-order valence-electron chi connectivity index (χ0n) is 56.1. The Hall–Kier alpha value is -10.7. The predicted octanol–water partition coefficient (Wildman–Crippen LogP) is 25.2. The van der Waals surface area contributed by atoms with E-state index in [4.69, 9.17) is 9.47 Å². The van der Waals surface area contributed by atoms with Gasteiger partial charge >= 0.3 is 0 Å². The topological polar surface area (TPSA) is 24.9 Å². The monoisotopic (exact) mass is 1220 g/mol. The van der Waals surface area contributed by atoms with Crippen molar-refractivity contribution in [3.63, 3.8) is 0 Å². The van der Waals surface area contributed by atoms with E-state index in [-0.39, 0.29) is 0 Å². The summed E-state index contributed by atoms with van der Waals surface area (Å²) in [6, 6.07) is 94.4. The van der Waals surface area contributed by atoms with Crippen LogP contribution in [0.1, 0.15) is 108 Å². The first-order valence-electron chi connectivity index (χ1n) is 32.9. The number of rotatable bonds is 14. The maximum absolute atomic E-state index is 8.01.